The zero-order valence-corrected chi connectivity index (χ0v) is 10.3. The second-order valence-corrected chi connectivity index (χ2v) is 4.14. The predicted molar refractivity (Wildman–Crippen MR) is 69.3 cm³/mol. The van der Waals surface area contributed by atoms with Crippen LogP contribution in [0, 0.1) is 0 Å². The standard InChI is InChI=1S/C13H18N2O3/c1-3-6-15(2)13(18)10(14)7-9-4-5-11(16)12(17)8-9/h3-5,8,10,16-17H,1,6-7,14H2,2H3/t10-/m0/s1. The number of hydrogen-bond donors (Lipinski definition) is 3. The number of carbonyl (C=O) groups is 1. The number of aromatic hydroxyl groups is 2. The van der Waals surface area contributed by atoms with Gasteiger partial charge in [0.15, 0.2) is 11.5 Å². The summed E-state index contributed by atoms with van der Waals surface area (Å²) in [7, 11) is 1.65. The van der Waals surface area contributed by atoms with Gasteiger partial charge in [0, 0.05) is 13.6 Å². The van der Waals surface area contributed by atoms with Crippen molar-refractivity contribution in [2.75, 3.05) is 13.6 Å². The second-order valence-electron chi connectivity index (χ2n) is 4.14. The van der Waals surface area contributed by atoms with Gasteiger partial charge >= 0.3 is 0 Å². The van der Waals surface area contributed by atoms with Crippen molar-refractivity contribution >= 4 is 5.91 Å². The Morgan fingerprint density at radius 3 is 2.72 bits per heavy atom. The van der Waals surface area contributed by atoms with Crippen LogP contribution in [0.4, 0.5) is 0 Å². The van der Waals surface area contributed by atoms with Crippen LogP contribution in [0.15, 0.2) is 30.9 Å². The Labute approximate surface area is 106 Å². The van der Waals surface area contributed by atoms with E-state index in [0.717, 1.165) is 0 Å². The molecule has 5 nitrogen and oxygen atoms in total. The quantitative estimate of drug-likeness (QED) is 0.528. The number of benzene rings is 1. The molecule has 0 heterocycles. The highest BCUT2D eigenvalue weighted by molar-refractivity contribution is 5.81. The highest BCUT2D eigenvalue weighted by atomic mass is 16.3. The van der Waals surface area contributed by atoms with Crippen molar-refractivity contribution < 1.29 is 15.0 Å². The Kier molecular flexibility index (Phi) is 4.74. The summed E-state index contributed by atoms with van der Waals surface area (Å²) in [5, 5.41) is 18.5. The predicted octanol–water partition coefficient (Wildman–Crippen LogP) is 0.612. The van der Waals surface area contributed by atoms with E-state index in [1.165, 1.54) is 17.0 Å². The van der Waals surface area contributed by atoms with Crippen LogP contribution in [0.1, 0.15) is 5.56 Å². The molecule has 5 heteroatoms. The first-order chi connectivity index (χ1) is 8.45. The minimum atomic E-state index is -0.682. The van der Waals surface area contributed by atoms with Crippen molar-refractivity contribution in [2.45, 2.75) is 12.5 Å². The molecule has 1 atom stereocenters. The minimum absolute atomic E-state index is 0.192. The van der Waals surface area contributed by atoms with E-state index in [0.29, 0.717) is 18.5 Å². The molecule has 0 aliphatic heterocycles. The van der Waals surface area contributed by atoms with E-state index in [4.69, 9.17) is 5.73 Å². The normalized spacial score (nSPS) is 11.9. The Bertz CT molecular complexity index is 446. The van der Waals surface area contributed by atoms with Crippen molar-refractivity contribution in [3.05, 3.63) is 36.4 Å². The summed E-state index contributed by atoms with van der Waals surface area (Å²) in [4.78, 5) is 13.3. The molecule has 0 saturated carbocycles. The van der Waals surface area contributed by atoms with Gasteiger partial charge in [0.1, 0.15) is 0 Å². The molecule has 1 aromatic rings. The van der Waals surface area contributed by atoms with Gasteiger partial charge in [-0.25, -0.2) is 0 Å². The van der Waals surface area contributed by atoms with Crippen molar-refractivity contribution in [3.8, 4) is 11.5 Å². The second kappa shape index (κ2) is 6.07. The summed E-state index contributed by atoms with van der Waals surface area (Å²) in [6.07, 6.45) is 1.92. The zero-order valence-electron chi connectivity index (χ0n) is 10.3. The molecule has 4 N–H and O–H groups in total. The van der Waals surface area contributed by atoms with Gasteiger partial charge < -0.3 is 20.8 Å². The van der Waals surface area contributed by atoms with Crippen LogP contribution in [-0.4, -0.2) is 40.7 Å². The maximum Gasteiger partial charge on any atom is 0.239 e. The first-order valence-electron chi connectivity index (χ1n) is 5.58. The van der Waals surface area contributed by atoms with Crippen LogP contribution in [0.25, 0.3) is 0 Å². The molecule has 1 amide bonds. The van der Waals surface area contributed by atoms with Gasteiger partial charge in [-0.3, -0.25) is 4.79 Å². The first kappa shape index (κ1) is 14.1. The Balaban J connectivity index is 2.68. The molecule has 0 unspecified atom stereocenters. The van der Waals surface area contributed by atoms with E-state index in [9.17, 15) is 15.0 Å². The molecule has 0 aliphatic rings. The number of hydrogen-bond acceptors (Lipinski definition) is 4. The third-order valence-corrected chi connectivity index (χ3v) is 2.59. The lowest BCUT2D eigenvalue weighted by atomic mass is 10.0. The van der Waals surface area contributed by atoms with Crippen LogP contribution in [-0.2, 0) is 11.2 Å². The molecule has 0 aliphatic carbocycles. The van der Waals surface area contributed by atoms with Gasteiger partial charge in [0.2, 0.25) is 5.91 Å². The van der Waals surface area contributed by atoms with Gasteiger partial charge in [-0.05, 0) is 24.1 Å². The number of nitrogens with two attached hydrogens (primary N) is 1. The Morgan fingerprint density at radius 1 is 1.50 bits per heavy atom. The fourth-order valence-electron chi connectivity index (χ4n) is 1.60. The van der Waals surface area contributed by atoms with Crippen LogP contribution < -0.4 is 5.73 Å². The number of phenolic OH excluding ortho intramolecular Hbond substituents is 2. The van der Waals surface area contributed by atoms with Crippen molar-refractivity contribution in [2.24, 2.45) is 5.73 Å². The number of amides is 1. The molecule has 18 heavy (non-hydrogen) atoms. The molecule has 0 aromatic heterocycles. The van der Waals surface area contributed by atoms with Gasteiger partial charge in [-0.1, -0.05) is 12.1 Å². The molecular weight excluding hydrogens is 232 g/mol. The van der Waals surface area contributed by atoms with Crippen LogP contribution in [0.5, 0.6) is 11.5 Å². The molecule has 0 spiro atoms. The summed E-state index contributed by atoms with van der Waals surface area (Å²) in [6.45, 7) is 3.99. The number of likely N-dealkylation sites (N-methyl/N-ethyl adjacent to an activating group) is 1. The molecule has 98 valence electrons. The van der Waals surface area contributed by atoms with E-state index < -0.39 is 6.04 Å². The molecule has 0 fully saturated rings. The van der Waals surface area contributed by atoms with E-state index in [2.05, 4.69) is 6.58 Å². The van der Waals surface area contributed by atoms with E-state index in [1.54, 1.807) is 19.2 Å². The van der Waals surface area contributed by atoms with Crippen molar-refractivity contribution in [1.82, 2.24) is 4.90 Å². The third kappa shape index (κ3) is 3.49. The molecular formula is C13H18N2O3. The van der Waals surface area contributed by atoms with Crippen LogP contribution in [0.3, 0.4) is 0 Å². The van der Waals surface area contributed by atoms with Crippen LogP contribution >= 0.6 is 0 Å². The van der Waals surface area contributed by atoms with Crippen molar-refractivity contribution in [1.29, 1.82) is 0 Å². The third-order valence-electron chi connectivity index (χ3n) is 2.59. The SMILES string of the molecule is C=CCN(C)C(=O)[C@@H](N)Cc1ccc(O)c(O)c1. The maximum absolute atomic E-state index is 11.8. The van der Waals surface area contributed by atoms with Gasteiger partial charge in [-0.2, -0.15) is 0 Å². The van der Waals surface area contributed by atoms with E-state index >= 15 is 0 Å². The molecule has 0 saturated heterocycles. The molecule has 0 bridgehead atoms. The Hall–Kier alpha value is -2.01. The van der Waals surface area contributed by atoms with E-state index in [1.807, 2.05) is 0 Å². The lowest BCUT2D eigenvalue weighted by Crippen LogP contribution is -2.43. The Morgan fingerprint density at radius 2 is 2.17 bits per heavy atom. The van der Waals surface area contributed by atoms with Gasteiger partial charge in [0.25, 0.3) is 0 Å². The van der Waals surface area contributed by atoms with Gasteiger partial charge in [0.05, 0.1) is 6.04 Å². The smallest absolute Gasteiger partial charge is 0.239 e. The number of nitrogens with zero attached hydrogens (tertiary/aromatic N) is 1. The lowest BCUT2D eigenvalue weighted by Gasteiger charge is -2.19. The molecule has 1 aromatic carbocycles. The summed E-state index contributed by atoms with van der Waals surface area (Å²) in [5.41, 5.74) is 6.49. The fraction of sp³-hybridized carbons (Fsp3) is 0.308. The average molecular weight is 250 g/mol. The summed E-state index contributed by atoms with van der Waals surface area (Å²) >= 11 is 0. The topological polar surface area (TPSA) is 86.8 Å². The largest absolute Gasteiger partial charge is 0.504 e. The first-order valence-corrected chi connectivity index (χ1v) is 5.58. The van der Waals surface area contributed by atoms with Crippen molar-refractivity contribution in [3.63, 3.8) is 0 Å². The fourth-order valence-corrected chi connectivity index (χ4v) is 1.60. The molecule has 0 radical (unpaired) electrons. The lowest BCUT2D eigenvalue weighted by molar-refractivity contribution is -0.130. The summed E-state index contributed by atoms with van der Waals surface area (Å²) in [6, 6.07) is 3.71. The van der Waals surface area contributed by atoms with E-state index in [-0.39, 0.29) is 17.4 Å². The monoisotopic (exact) mass is 250 g/mol. The average Bonchev–Trinajstić information content (AvgIpc) is 2.33. The van der Waals surface area contributed by atoms with Gasteiger partial charge in [-0.15, -0.1) is 6.58 Å². The highest BCUT2D eigenvalue weighted by Gasteiger charge is 2.18. The summed E-state index contributed by atoms with van der Waals surface area (Å²) < 4.78 is 0. The number of rotatable bonds is 5. The minimum Gasteiger partial charge on any atom is -0.504 e. The highest BCUT2D eigenvalue weighted by Crippen LogP contribution is 2.25. The zero-order chi connectivity index (χ0) is 13.7. The number of phenols is 2. The van der Waals surface area contributed by atoms with Crippen LogP contribution in [0.2, 0.25) is 0 Å². The molecule has 1 rings (SSSR count). The maximum atomic E-state index is 11.8. The number of carbonyl (C=O) groups excluding carboxylic acids is 1. The summed E-state index contributed by atoms with van der Waals surface area (Å²) in [5.74, 6) is -0.600.